The van der Waals surface area contributed by atoms with Crippen LogP contribution in [-0.4, -0.2) is 28.0 Å². The van der Waals surface area contributed by atoms with Gasteiger partial charge in [-0.05, 0) is 12.1 Å². The monoisotopic (exact) mass is 385 g/mol. The molecule has 0 bridgehead atoms. The number of furan rings is 1. The van der Waals surface area contributed by atoms with Crippen LogP contribution in [0.15, 0.2) is 16.5 Å². The van der Waals surface area contributed by atoms with Crippen molar-refractivity contribution < 1.29 is 26.8 Å². The summed E-state index contributed by atoms with van der Waals surface area (Å²) < 4.78 is 57.5. The second-order valence-corrected chi connectivity index (χ2v) is 5.41. The van der Waals surface area contributed by atoms with Gasteiger partial charge < -0.3 is 9.73 Å². The lowest BCUT2D eigenvalue weighted by Crippen LogP contribution is -2.24. The third-order valence-corrected chi connectivity index (χ3v) is 3.57. The number of carbonyl (C=O) groups excluding carboxylic acids is 1. The number of thiol groups is 1. The molecule has 0 aromatic carbocycles. The number of aromatic nitrogens is 2. The summed E-state index contributed by atoms with van der Waals surface area (Å²) >= 11 is 9.49. The van der Waals surface area contributed by atoms with Crippen LogP contribution >= 0.6 is 24.2 Å². The predicted molar refractivity (Wildman–Crippen MR) is 81.1 cm³/mol. The Hall–Kier alpha value is -1.68. The molecule has 0 aliphatic heterocycles. The Morgan fingerprint density at radius 3 is 2.62 bits per heavy atom. The lowest BCUT2D eigenvalue weighted by Gasteiger charge is -2.05. The van der Waals surface area contributed by atoms with E-state index in [0.717, 1.165) is 0 Å². The first kappa shape index (κ1) is 18.7. The van der Waals surface area contributed by atoms with E-state index in [4.69, 9.17) is 16.0 Å². The van der Waals surface area contributed by atoms with Gasteiger partial charge in [0, 0.05) is 12.3 Å². The van der Waals surface area contributed by atoms with Gasteiger partial charge in [0.15, 0.2) is 5.76 Å². The molecule has 0 unspecified atom stereocenters. The van der Waals surface area contributed by atoms with Crippen molar-refractivity contribution in [3.63, 3.8) is 0 Å². The van der Waals surface area contributed by atoms with Crippen LogP contribution in [-0.2, 0) is 6.54 Å². The molecule has 2 heterocycles. The number of nitrogens with zero attached hydrogens (tertiary/aromatic N) is 2. The highest BCUT2D eigenvalue weighted by atomic mass is 35.5. The van der Waals surface area contributed by atoms with Crippen LogP contribution in [0.2, 0.25) is 5.02 Å². The SMILES string of the molecule is O=C(NCCS)c1ccc(Cn2nc(C(F)F)c(Cl)c2C(F)F)o1. The number of nitrogens with one attached hydrogen (secondary N) is 1. The van der Waals surface area contributed by atoms with E-state index in [0.29, 0.717) is 17.0 Å². The molecule has 0 spiro atoms. The maximum atomic E-state index is 13.0. The number of rotatable bonds is 7. The third kappa shape index (κ3) is 4.04. The van der Waals surface area contributed by atoms with Gasteiger partial charge >= 0.3 is 0 Å². The van der Waals surface area contributed by atoms with E-state index in [9.17, 15) is 22.4 Å². The zero-order valence-corrected chi connectivity index (χ0v) is 13.6. The maximum absolute atomic E-state index is 13.0. The zero-order valence-electron chi connectivity index (χ0n) is 12.0. The average Bonchev–Trinajstić information content (AvgIpc) is 3.10. The van der Waals surface area contributed by atoms with Crippen LogP contribution in [0.25, 0.3) is 0 Å². The van der Waals surface area contributed by atoms with Crippen molar-refractivity contribution in [2.45, 2.75) is 19.4 Å². The van der Waals surface area contributed by atoms with E-state index >= 15 is 0 Å². The van der Waals surface area contributed by atoms with Crippen molar-refractivity contribution in [3.8, 4) is 0 Å². The Labute approximate surface area is 144 Å². The molecule has 0 radical (unpaired) electrons. The van der Waals surface area contributed by atoms with E-state index < -0.39 is 35.2 Å². The number of amides is 1. The summed E-state index contributed by atoms with van der Waals surface area (Å²) in [6.45, 7) is -0.0496. The van der Waals surface area contributed by atoms with E-state index in [-0.39, 0.29) is 18.1 Å². The standard InChI is InChI=1S/C13H12ClF4N3O2S/c14-8-9(11(15)16)20-21(10(8)12(17)18)5-6-1-2-7(23-6)13(22)19-3-4-24/h1-2,11-12,24H,3-5H2,(H,19,22). The lowest BCUT2D eigenvalue weighted by molar-refractivity contribution is 0.0926. The van der Waals surface area contributed by atoms with Crippen molar-refractivity contribution in [1.82, 2.24) is 15.1 Å². The Morgan fingerprint density at radius 2 is 2.04 bits per heavy atom. The van der Waals surface area contributed by atoms with Crippen molar-refractivity contribution >= 4 is 30.1 Å². The number of carbonyl (C=O) groups is 1. The first-order chi connectivity index (χ1) is 11.3. The first-order valence-corrected chi connectivity index (χ1v) is 7.66. The lowest BCUT2D eigenvalue weighted by atomic mass is 10.3. The molecule has 2 rings (SSSR count). The molecular weight excluding hydrogens is 374 g/mol. The molecule has 0 aliphatic carbocycles. The molecule has 0 atom stereocenters. The number of hydrogen-bond donors (Lipinski definition) is 2. The molecule has 1 amide bonds. The van der Waals surface area contributed by atoms with Crippen molar-refractivity contribution in [1.29, 1.82) is 0 Å². The van der Waals surface area contributed by atoms with Gasteiger partial charge in [-0.1, -0.05) is 11.6 Å². The van der Waals surface area contributed by atoms with E-state index in [1.807, 2.05) is 0 Å². The Morgan fingerprint density at radius 1 is 1.33 bits per heavy atom. The van der Waals surface area contributed by atoms with Gasteiger partial charge in [0.1, 0.15) is 17.1 Å². The third-order valence-electron chi connectivity index (χ3n) is 2.96. The molecule has 0 aliphatic rings. The first-order valence-electron chi connectivity index (χ1n) is 6.65. The smallest absolute Gasteiger partial charge is 0.287 e. The quantitative estimate of drug-likeness (QED) is 0.564. The fourth-order valence-corrected chi connectivity index (χ4v) is 2.34. The molecule has 5 nitrogen and oxygen atoms in total. The predicted octanol–water partition coefficient (Wildman–Crippen LogP) is 3.71. The highest BCUT2D eigenvalue weighted by molar-refractivity contribution is 7.80. The van der Waals surface area contributed by atoms with Gasteiger partial charge in [0.05, 0.1) is 11.6 Å². The summed E-state index contributed by atoms with van der Waals surface area (Å²) in [4.78, 5) is 11.7. The van der Waals surface area contributed by atoms with Crippen LogP contribution < -0.4 is 5.32 Å². The Bertz CT molecular complexity index is 720. The molecule has 0 saturated heterocycles. The van der Waals surface area contributed by atoms with E-state index in [1.54, 1.807) is 0 Å². The molecule has 0 fully saturated rings. The van der Waals surface area contributed by atoms with Crippen LogP contribution in [0.5, 0.6) is 0 Å². The molecule has 11 heteroatoms. The minimum atomic E-state index is -3.09. The summed E-state index contributed by atoms with van der Waals surface area (Å²) in [6.07, 6.45) is -6.18. The molecule has 2 aromatic rings. The van der Waals surface area contributed by atoms with Crippen LogP contribution in [0.3, 0.4) is 0 Å². The summed E-state index contributed by atoms with van der Waals surface area (Å²) in [5, 5.41) is 5.15. The average molecular weight is 386 g/mol. The summed E-state index contributed by atoms with van der Waals surface area (Å²) in [5.74, 6) is -0.0269. The molecule has 2 aromatic heterocycles. The highest BCUT2D eigenvalue weighted by Gasteiger charge is 2.28. The zero-order chi connectivity index (χ0) is 17.9. The second kappa shape index (κ2) is 7.93. The number of alkyl halides is 4. The van der Waals surface area contributed by atoms with E-state index in [1.165, 1.54) is 12.1 Å². The van der Waals surface area contributed by atoms with Gasteiger partial charge in [-0.2, -0.15) is 17.7 Å². The Kier molecular flexibility index (Phi) is 6.16. The molecule has 0 saturated carbocycles. The number of halogens is 5. The van der Waals surface area contributed by atoms with Crippen molar-refractivity contribution in [2.75, 3.05) is 12.3 Å². The minimum Gasteiger partial charge on any atom is -0.454 e. The fourth-order valence-electron chi connectivity index (χ4n) is 1.93. The summed E-state index contributed by atoms with van der Waals surface area (Å²) in [6, 6.07) is 2.70. The largest absolute Gasteiger partial charge is 0.454 e. The van der Waals surface area contributed by atoms with Crippen LogP contribution in [0.1, 0.15) is 40.6 Å². The van der Waals surface area contributed by atoms with E-state index in [2.05, 4.69) is 23.0 Å². The van der Waals surface area contributed by atoms with Gasteiger partial charge in [-0.25, -0.2) is 17.6 Å². The normalized spacial score (nSPS) is 11.5. The summed E-state index contributed by atoms with van der Waals surface area (Å²) in [7, 11) is 0. The van der Waals surface area contributed by atoms with Crippen molar-refractivity contribution in [3.05, 3.63) is 40.1 Å². The van der Waals surface area contributed by atoms with Gasteiger partial charge in [0.2, 0.25) is 0 Å². The van der Waals surface area contributed by atoms with Crippen LogP contribution in [0, 0.1) is 0 Å². The number of hydrogen-bond acceptors (Lipinski definition) is 4. The molecule has 1 N–H and O–H groups in total. The van der Waals surface area contributed by atoms with Gasteiger partial charge in [0.25, 0.3) is 18.8 Å². The maximum Gasteiger partial charge on any atom is 0.287 e. The Balaban J connectivity index is 2.24. The summed E-state index contributed by atoms with van der Waals surface area (Å²) in [5.41, 5.74) is -1.75. The minimum absolute atomic E-state index is 0.0438. The van der Waals surface area contributed by atoms with Gasteiger partial charge in [-0.3, -0.25) is 9.48 Å². The highest BCUT2D eigenvalue weighted by Crippen LogP contribution is 2.34. The second-order valence-electron chi connectivity index (χ2n) is 4.59. The molecular formula is C13H12ClF4N3O2S. The van der Waals surface area contributed by atoms with Crippen molar-refractivity contribution in [2.24, 2.45) is 0 Å². The fraction of sp³-hybridized carbons (Fsp3) is 0.385. The molecule has 24 heavy (non-hydrogen) atoms. The van der Waals surface area contributed by atoms with Gasteiger partial charge in [-0.15, -0.1) is 0 Å². The molecule has 132 valence electrons. The van der Waals surface area contributed by atoms with Crippen LogP contribution in [0.4, 0.5) is 17.6 Å². The topological polar surface area (TPSA) is 60.1 Å².